The van der Waals surface area contributed by atoms with Gasteiger partial charge in [-0.1, -0.05) is 82.2 Å². The lowest BCUT2D eigenvalue weighted by Gasteiger charge is -2.17. The minimum Gasteiger partial charge on any atom is -0.341 e. The van der Waals surface area contributed by atoms with Crippen molar-refractivity contribution in [1.82, 2.24) is 4.90 Å². The predicted octanol–water partition coefficient (Wildman–Crippen LogP) is 4.79. The van der Waals surface area contributed by atoms with Crippen LogP contribution in [0.2, 0.25) is 0 Å². The lowest BCUT2D eigenvalue weighted by Crippen LogP contribution is -2.22. The van der Waals surface area contributed by atoms with Gasteiger partial charge in [-0.3, -0.25) is 4.79 Å². The fourth-order valence-corrected chi connectivity index (χ4v) is 2.44. The monoisotopic (exact) mass is 275 g/mol. The van der Waals surface area contributed by atoms with E-state index in [2.05, 4.69) is 19.1 Å². The van der Waals surface area contributed by atoms with Crippen molar-refractivity contribution in [2.24, 2.45) is 0 Å². The molecule has 1 aromatic rings. The highest BCUT2D eigenvalue weighted by Gasteiger charge is 2.02. The van der Waals surface area contributed by atoms with Crippen LogP contribution in [-0.2, 0) is 11.3 Å². The first-order chi connectivity index (χ1) is 9.86. The normalized spacial score (nSPS) is 10.4. The molecule has 0 spiro atoms. The molecule has 0 aromatic heterocycles. The molecule has 2 nitrogen and oxygen atoms in total. The topological polar surface area (TPSA) is 20.3 Å². The first-order valence-corrected chi connectivity index (χ1v) is 8.10. The van der Waals surface area contributed by atoms with Crippen molar-refractivity contribution in [2.75, 3.05) is 6.54 Å². The number of unbranched alkanes of at least 4 members (excludes halogenated alkanes) is 7. The molecular weight excluding hydrogens is 246 g/mol. The second-order valence-corrected chi connectivity index (χ2v) is 5.54. The Morgan fingerprint density at radius 2 is 1.50 bits per heavy atom. The standard InChI is InChI=1S/C18H29NO/c1-2-3-4-5-6-7-8-12-15-19(17-20)16-18-13-10-9-11-14-18/h9-11,13-14,17H,2-8,12,15-16H2,1H3. The molecule has 1 rings (SSSR count). The molecule has 0 fully saturated rings. The second kappa shape index (κ2) is 11.5. The molecule has 0 saturated carbocycles. The van der Waals surface area contributed by atoms with E-state index < -0.39 is 0 Å². The highest BCUT2D eigenvalue weighted by atomic mass is 16.1. The molecule has 0 unspecified atom stereocenters. The molecular formula is C18H29NO. The number of rotatable bonds is 12. The van der Waals surface area contributed by atoms with E-state index in [1.165, 1.54) is 50.5 Å². The van der Waals surface area contributed by atoms with Gasteiger partial charge in [0.2, 0.25) is 6.41 Å². The van der Waals surface area contributed by atoms with Crippen molar-refractivity contribution >= 4 is 6.41 Å². The summed E-state index contributed by atoms with van der Waals surface area (Å²) in [6.45, 7) is 3.87. The van der Waals surface area contributed by atoms with E-state index in [1.807, 2.05) is 23.1 Å². The Morgan fingerprint density at radius 3 is 2.10 bits per heavy atom. The zero-order chi connectivity index (χ0) is 14.5. The zero-order valence-electron chi connectivity index (χ0n) is 12.9. The summed E-state index contributed by atoms with van der Waals surface area (Å²) in [5.74, 6) is 0. The fourth-order valence-electron chi connectivity index (χ4n) is 2.44. The number of hydrogen-bond donors (Lipinski definition) is 0. The molecule has 0 aliphatic heterocycles. The molecule has 1 amide bonds. The SMILES string of the molecule is CCCCCCCCCCN(C=O)Cc1ccccc1. The van der Waals surface area contributed by atoms with Crippen LogP contribution in [0.4, 0.5) is 0 Å². The first-order valence-electron chi connectivity index (χ1n) is 8.10. The highest BCUT2D eigenvalue weighted by Crippen LogP contribution is 2.09. The fraction of sp³-hybridized carbons (Fsp3) is 0.611. The van der Waals surface area contributed by atoms with Gasteiger partial charge in [0.05, 0.1) is 0 Å². The van der Waals surface area contributed by atoms with Gasteiger partial charge in [0.1, 0.15) is 0 Å². The molecule has 2 heteroatoms. The Kier molecular flexibility index (Phi) is 9.64. The molecule has 1 aromatic carbocycles. The van der Waals surface area contributed by atoms with Crippen LogP contribution in [0.5, 0.6) is 0 Å². The average Bonchev–Trinajstić information content (AvgIpc) is 2.49. The molecule has 112 valence electrons. The average molecular weight is 275 g/mol. The van der Waals surface area contributed by atoms with Crippen molar-refractivity contribution in [1.29, 1.82) is 0 Å². The van der Waals surface area contributed by atoms with Gasteiger partial charge < -0.3 is 4.90 Å². The molecule has 0 aliphatic carbocycles. The third-order valence-electron chi connectivity index (χ3n) is 3.68. The Morgan fingerprint density at radius 1 is 0.900 bits per heavy atom. The molecule has 0 aliphatic rings. The van der Waals surface area contributed by atoms with E-state index in [-0.39, 0.29) is 0 Å². The summed E-state index contributed by atoms with van der Waals surface area (Å²) in [4.78, 5) is 13.0. The van der Waals surface area contributed by atoms with Crippen LogP contribution in [0.1, 0.15) is 63.9 Å². The molecule has 0 saturated heterocycles. The lowest BCUT2D eigenvalue weighted by atomic mass is 10.1. The number of benzene rings is 1. The summed E-state index contributed by atoms with van der Waals surface area (Å²) < 4.78 is 0. The van der Waals surface area contributed by atoms with Crippen LogP contribution in [0.3, 0.4) is 0 Å². The maximum Gasteiger partial charge on any atom is 0.210 e. The quantitative estimate of drug-likeness (QED) is 0.397. The van der Waals surface area contributed by atoms with Crippen LogP contribution in [-0.4, -0.2) is 17.9 Å². The summed E-state index contributed by atoms with van der Waals surface area (Å²) in [7, 11) is 0. The van der Waals surface area contributed by atoms with Gasteiger partial charge in [-0.2, -0.15) is 0 Å². The van der Waals surface area contributed by atoms with E-state index in [4.69, 9.17) is 0 Å². The molecule has 0 bridgehead atoms. The summed E-state index contributed by atoms with van der Waals surface area (Å²) in [6, 6.07) is 10.2. The third kappa shape index (κ3) is 7.98. The number of carbonyl (C=O) groups excluding carboxylic acids is 1. The van der Waals surface area contributed by atoms with Crippen molar-refractivity contribution in [3.8, 4) is 0 Å². The van der Waals surface area contributed by atoms with E-state index in [0.717, 1.165) is 25.9 Å². The van der Waals surface area contributed by atoms with Crippen LogP contribution in [0.15, 0.2) is 30.3 Å². The van der Waals surface area contributed by atoms with Crippen LogP contribution in [0, 0.1) is 0 Å². The molecule has 20 heavy (non-hydrogen) atoms. The second-order valence-electron chi connectivity index (χ2n) is 5.54. The Balaban J connectivity index is 2.05. The van der Waals surface area contributed by atoms with Gasteiger partial charge in [-0.15, -0.1) is 0 Å². The highest BCUT2D eigenvalue weighted by molar-refractivity contribution is 5.47. The van der Waals surface area contributed by atoms with E-state index in [9.17, 15) is 4.79 Å². The lowest BCUT2D eigenvalue weighted by molar-refractivity contribution is -0.118. The van der Waals surface area contributed by atoms with Gasteiger partial charge in [0.15, 0.2) is 0 Å². The third-order valence-corrected chi connectivity index (χ3v) is 3.68. The van der Waals surface area contributed by atoms with Crippen molar-refractivity contribution in [3.63, 3.8) is 0 Å². The molecule has 0 N–H and O–H groups in total. The molecule has 0 atom stereocenters. The number of hydrogen-bond acceptors (Lipinski definition) is 1. The van der Waals surface area contributed by atoms with E-state index in [1.54, 1.807) is 0 Å². The summed E-state index contributed by atoms with van der Waals surface area (Å²) >= 11 is 0. The Hall–Kier alpha value is -1.31. The van der Waals surface area contributed by atoms with Crippen molar-refractivity contribution < 1.29 is 4.79 Å². The van der Waals surface area contributed by atoms with Gasteiger partial charge in [0.25, 0.3) is 0 Å². The molecule has 0 radical (unpaired) electrons. The van der Waals surface area contributed by atoms with Crippen LogP contribution >= 0.6 is 0 Å². The zero-order valence-corrected chi connectivity index (χ0v) is 12.9. The maximum atomic E-state index is 11.1. The largest absolute Gasteiger partial charge is 0.341 e. The predicted molar refractivity (Wildman–Crippen MR) is 85.5 cm³/mol. The summed E-state index contributed by atoms with van der Waals surface area (Å²) in [5.41, 5.74) is 1.21. The van der Waals surface area contributed by atoms with E-state index in [0.29, 0.717) is 0 Å². The van der Waals surface area contributed by atoms with E-state index >= 15 is 0 Å². The van der Waals surface area contributed by atoms with Crippen LogP contribution in [0.25, 0.3) is 0 Å². The van der Waals surface area contributed by atoms with Gasteiger partial charge in [-0.05, 0) is 12.0 Å². The van der Waals surface area contributed by atoms with Crippen LogP contribution < -0.4 is 0 Å². The number of amides is 1. The Bertz CT molecular complexity index is 337. The number of carbonyl (C=O) groups is 1. The maximum absolute atomic E-state index is 11.1. The Labute approximate surface area is 124 Å². The van der Waals surface area contributed by atoms with Gasteiger partial charge in [-0.25, -0.2) is 0 Å². The van der Waals surface area contributed by atoms with Gasteiger partial charge in [0, 0.05) is 13.1 Å². The minimum atomic E-state index is 0.737. The van der Waals surface area contributed by atoms with Gasteiger partial charge >= 0.3 is 0 Å². The minimum absolute atomic E-state index is 0.737. The first kappa shape index (κ1) is 16.7. The summed E-state index contributed by atoms with van der Waals surface area (Å²) in [5, 5.41) is 0. The summed E-state index contributed by atoms with van der Waals surface area (Å²) in [6.07, 6.45) is 11.4. The number of nitrogens with zero attached hydrogens (tertiary/aromatic N) is 1. The van der Waals surface area contributed by atoms with Crippen molar-refractivity contribution in [3.05, 3.63) is 35.9 Å². The smallest absolute Gasteiger partial charge is 0.210 e. The molecule has 0 heterocycles. The van der Waals surface area contributed by atoms with Crippen molar-refractivity contribution in [2.45, 2.75) is 64.8 Å².